The highest BCUT2D eigenvalue weighted by Gasteiger charge is 2.46. The predicted octanol–water partition coefficient (Wildman–Crippen LogP) is 2.06. The molecule has 5 heteroatoms. The number of hydrogen-bond acceptors (Lipinski definition) is 3. The number of aliphatic carboxylic acids is 1. The van der Waals surface area contributed by atoms with Crippen molar-refractivity contribution in [1.82, 2.24) is 4.90 Å². The molecule has 0 radical (unpaired) electrons. The Labute approximate surface area is 129 Å². The molecule has 2 bridgehead atoms. The number of carbonyl (C=O) groups excluding carboxylic acids is 1. The Balaban J connectivity index is 1.78. The minimum Gasteiger partial charge on any atom is -0.480 e. The molecule has 5 nitrogen and oxygen atoms in total. The molecule has 0 spiro atoms. The van der Waals surface area contributed by atoms with E-state index >= 15 is 0 Å². The highest BCUT2D eigenvalue weighted by Crippen LogP contribution is 2.40. The van der Waals surface area contributed by atoms with Crippen LogP contribution < -0.4 is 0 Å². The average Bonchev–Trinajstić information content (AvgIpc) is 3.15. The largest absolute Gasteiger partial charge is 0.480 e. The quantitative estimate of drug-likeness (QED) is 0.904. The van der Waals surface area contributed by atoms with Gasteiger partial charge in [0.1, 0.15) is 6.04 Å². The van der Waals surface area contributed by atoms with E-state index in [0.29, 0.717) is 6.54 Å². The summed E-state index contributed by atoms with van der Waals surface area (Å²) in [7, 11) is 0. The zero-order valence-electron chi connectivity index (χ0n) is 12.6. The second-order valence-electron chi connectivity index (χ2n) is 6.18. The Morgan fingerprint density at radius 3 is 2.59 bits per heavy atom. The minimum absolute atomic E-state index is 0.0308. The molecule has 0 aromatic heterocycles. The first-order valence-electron chi connectivity index (χ1n) is 7.79. The van der Waals surface area contributed by atoms with E-state index in [0.717, 1.165) is 24.8 Å². The lowest BCUT2D eigenvalue weighted by Gasteiger charge is -2.31. The molecular formula is C17H21NO4. The molecule has 1 N–H and O–H groups in total. The summed E-state index contributed by atoms with van der Waals surface area (Å²) < 4.78 is 5.75. The van der Waals surface area contributed by atoms with Crippen molar-refractivity contribution in [3.63, 3.8) is 0 Å². The molecule has 2 aliphatic heterocycles. The lowest BCUT2D eigenvalue weighted by molar-refractivity contribution is -0.152. The first-order chi connectivity index (χ1) is 10.6. The summed E-state index contributed by atoms with van der Waals surface area (Å²) in [6.45, 7) is 1.89. The van der Waals surface area contributed by atoms with Crippen molar-refractivity contribution < 1.29 is 19.4 Å². The predicted molar refractivity (Wildman–Crippen MR) is 80.1 cm³/mol. The molecule has 4 atom stereocenters. The van der Waals surface area contributed by atoms with Gasteiger partial charge in [0.2, 0.25) is 5.91 Å². The molecule has 2 heterocycles. The van der Waals surface area contributed by atoms with Crippen molar-refractivity contribution in [2.45, 2.75) is 51.0 Å². The second-order valence-corrected chi connectivity index (χ2v) is 6.18. The van der Waals surface area contributed by atoms with Crippen molar-refractivity contribution in [3.05, 3.63) is 35.9 Å². The number of carboxylic acids is 1. The van der Waals surface area contributed by atoms with E-state index in [4.69, 9.17) is 4.74 Å². The van der Waals surface area contributed by atoms with E-state index in [1.165, 1.54) is 4.90 Å². The van der Waals surface area contributed by atoms with Crippen molar-refractivity contribution >= 4 is 11.9 Å². The van der Waals surface area contributed by atoms with Gasteiger partial charge in [-0.05, 0) is 31.7 Å². The number of benzene rings is 1. The number of carboxylic acid groups (broad SMARTS) is 1. The summed E-state index contributed by atoms with van der Waals surface area (Å²) in [5.74, 6) is -1.26. The Hall–Kier alpha value is -1.88. The number of hydrogen-bond donors (Lipinski definition) is 1. The number of ether oxygens (including phenoxy) is 1. The third-order valence-electron chi connectivity index (χ3n) is 4.73. The fourth-order valence-corrected chi connectivity index (χ4v) is 3.43. The molecule has 0 saturated carbocycles. The van der Waals surface area contributed by atoms with Crippen LogP contribution in [-0.2, 0) is 20.9 Å². The molecular weight excluding hydrogens is 282 g/mol. The lowest BCUT2D eigenvalue weighted by atomic mass is 9.87. The topological polar surface area (TPSA) is 66.8 Å². The van der Waals surface area contributed by atoms with Gasteiger partial charge in [0.25, 0.3) is 0 Å². The number of rotatable bonds is 5. The standard InChI is InChI=1S/C17H21NO4/c1-11(17(20)21)18(10-12-5-3-2-4-6-12)16(19)14-9-13-7-8-15(14)22-13/h2-6,11,13-15H,7-10H2,1H3,(H,20,21). The Bertz CT molecular complexity index is 559. The van der Waals surface area contributed by atoms with Crippen LogP contribution >= 0.6 is 0 Å². The van der Waals surface area contributed by atoms with Crippen LogP contribution in [0.3, 0.4) is 0 Å². The van der Waals surface area contributed by atoms with Crippen molar-refractivity contribution in [2.24, 2.45) is 5.92 Å². The third kappa shape index (κ3) is 2.86. The average molecular weight is 303 g/mol. The minimum atomic E-state index is -0.978. The van der Waals surface area contributed by atoms with Crippen LogP contribution in [0.5, 0.6) is 0 Å². The number of amides is 1. The number of fused-ring (bicyclic) bond motifs is 2. The van der Waals surface area contributed by atoms with Gasteiger partial charge in [-0.2, -0.15) is 0 Å². The summed E-state index contributed by atoms with van der Waals surface area (Å²) in [5, 5.41) is 9.33. The molecule has 1 aromatic carbocycles. The van der Waals surface area contributed by atoms with Crippen molar-refractivity contribution in [1.29, 1.82) is 0 Å². The van der Waals surface area contributed by atoms with E-state index in [9.17, 15) is 14.7 Å². The fraction of sp³-hybridized carbons (Fsp3) is 0.529. The van der Waals surface area contributed by atoms with Crippen LogP contribution in [-0.4, -0.2) is 40.1 Å². The maximum absolute atomic E-state index is 12.9. The molecule has 2 aliphatic rings. The summed E-state index contributed by atoms with van der Waals surface area (Å²) in [6, 6.07) is 8.67. The van der Waals surface area contributed by atoms with Gasteiger partial charge in [-0.1, -0.05) is 30.3 Å². The zero-order valence-corrected chi connectivity index (χ0v) is 12.6. The Morgan fingerprint density at radius 2 is 2.05 bits per heavy atom. The van der Waals surface area contributed by atoms with E-state index in [1.54, 1.807) is 6.92 Å². The first-order valence-corrected chi connectivity index (χ1v) is 7.79. The summed E-state index contributed by atoms with van der Waals surface area (Å²) in [4.78, 5) is 25.7. The fourth-order valence-electron chi connectivity index (χ4n) is 3.43. The van der Waals surface area contributed by atoms with E-state index < -0.39 is 12.0 Å². The van der Waals surface area contributed by atoms with Gasteiger partial charge in [-0.15, -0.1) is 0 Å². The van der Waals surface area contributed by atoms with Gasteiger partial charge in [-0.3, -0.25) is 4.79 Å². The molecule has 2 fully saturated rings. The molecule has 1 amide bonds. The van der Waals surface area contributed by atoms with Gasteiger partial charge in [0, 0.05) is 6.54 Å². The molecule has 1 aromatic rings. The SMILES string of the molecule is CC(C(=O)O)N(Cc1ccccc1)C(=O)C1CC2CCC1O2. The van der Waals surface area contributed by atoms with Crippen molar-refractivity contribution in [2.75, 3.05) is 0 Å². The van der Waals surface area contributed by atoms with Gasteiger partial charge in [-0.25, -0.2) is 4.79 Å². The summed E-state index contributed by atoms with van der Waals surface area (Å²) in [6.07, 6.45) is 2.79. The molecule has 118 valence electrons. The van der Waals surface area contributed by atoms with Gasteiger partial charge < -0.3 is 14.7 Å². The number of nitrogens with zero attached hydrogens (tertiary/aromatic N) is 1. The highest BCUT2D eigenvalue weighted by atomic mass is 16.5. The lowest BCUT2D eigenvalue weighted by Crippen LogP contribution is -2.47. The van der Waals surface area contributed by atoms with Gasteiger partial charge in [0.15, 0.2) is 0 Å². The second kappa shape index (κ2) is 6.08. The first kappa shape index (κ1) is 15.0. The van der Waals surface area contributed by atoms with Gasteiger partial charge in [0.05, 0.1) is 18.1 Å². The highest BCUT2D eigenvalue weighted by molar-refractivity contribution is 5.85. The Morgan fingerprint density at radius 1 is 1.32 bits per heavy atom. The van der Waals surface area contributed by atoms with E-state index in [-0.39, 0.29) is 24.0 Å². The van der Waals surface area contributed by atoms with Gasteiger partial charge >= 0.3 is 5.97 Å². The van der Waals surface area contributed by atoms with Crippen LogP contribution in [0.4, 0.5) is 0 Å². The maximum atomic E-state index is 12.9. The summed E-state index contributed by atoms with van der Waals surface area (Å²) >= 11 is 0. The molecule has 2 saturated heterocycles. The van der Waals surface area contributed by atoms with Crippen molar-refractivity contribution in [3.8, 4) is 0 Å². The normalized spacial score (nSPS) is 27.6. The monoisotopic (exact) mass is 303 g/mol. The molecule has 3 rings (SSSR count). The summed E-state index contributed by atoms with van der Waals surface area (Å²) in [5.41, 5.74) is 0.938. The van der Waals surface area contributed by atoms with E-state index in [2.05, 4.69) is 0 Å². The Kier molecular flexibility index (Phi) is 4.16. The smallest absolute Gasteiger partial charge is 0.326 e. The maximum Gasteiger partial charge on any atom is 0.326 e. The van der Waals surface area contributed by atoms with Crippen LogP contribution in [0.2, 0.25) is 0 Å². The van der Waals surface area contributed by atoms with Crippen LogP contribution in [0.15, 0.2) is 30.3 Å². The zero-order chi connectivity index (χ0) is 15.7. The molecule has 0 aliphatic carbocycles. The molecule has 22 heavy (non-hydrogen) atoms. The third-order valence-corrected chi connectivity index (χ3v) is 4.73. The van der Waals surface area contributed by atoms with Crippen LogP contribution in [0, 0.1) is 5.92 Å². The van der Waals surface area contributed by atoms with E-state index in [1.807, 2.05) is 30.3 Å². The number of carbonyl (C=O) groups is 2. The molecule has 4 unspecified atom stereocenters. The van der Waals surface area contributed by atoms with Crippen LogP contribution in [0.25, 0.3) is 0 Å². The van der Waals surface area contributed by atoms with Crippen LogP contribution in [0.1, 0.15) is 31.7 Å².